The number of carbonyl (C=O) groups is 1. The van der Waals surface area contributed by atoms with Crippen molar-refractivity contribution in [2.24, 2.45) is 0 Å². The highest BCUT2D eigenvalue weighted by atomic mass is 32.2. The number of thioether (sulfide) groups is 1. The first-order chi connectivity index (χ1) is 10.2. The summed E-state index contributed by atoms with van der Waals surface area (Å²) in [5.74, 6) is -1.01. The molecule has 4 nitrogen and oxygen atoms in total. The number of nitrogens with one attached hydrogen (secondary N) is 1. The molecular weight excluding hydrogens is 317 g/mol. The fraction of sp³-hybridized carbons (Fsp3) is 0.500. The molecule has 0 spiro atoms. The lowest BCUT2D eigenvalue weighted by molar-refractivity contribution is -0.105. The Bertz CT molecular complexity index is 551. The minimum Gasteiger partial charge on any atom is -0.391 e. The molecule has 0 aromatic heterocycles. The summed E-state index contributed by atoms with van der Waals surface area (Å²) in [4.78, 5) is 13.9. The van der Waals surface area contributed by atoms with Crippen LogP contribution in [0.1, 0.15) is 12.0 Å². The van der Waals surface area contributed by atoms with Crippen LogP contribution >= 0.6 is 11.8 Å². The van der Waals surface area contributed by atoms with E-state index in [0.29, 0.717) is 35.3 Å². The molecule has 8 heteroatoms. The minimum absolute atomic E-state index is 0.239. The lowest BCUT2D eigenvalue weighted by Gasteiger charge is -2.18. The predicted octanol–water partition coefficient (Wildman–Crippen LogP) is 3.25. The lowest BCUT2D eigenvalue weighted by Crippen LogP contribution is -2.33. The number of nitrogens with zero attached hydrogens (tertiary/aromatic N) is 1. The molecule has 1 atom stereocenters. The number of aliphatic hydroxyl groups excluding tert-OH is 1. The molecule has 1 aliphatic heterocycles. The Balaban J connectivity index is 2.08. The zero-order valence-corrected chi connectivity index (χ0v) is 12.8. The summed E-state index contributed by atoms with van der Waals surface area (Å²) in [5.41, 5.74) is 1.20. The van der Waals surface area contributed by atoms with E-state index in [1.165, 1.54) is 4.90 Å². The normalized spacial score (nSPS) is 18.6. The van der Waals surface area contributed by atoms with E-state index in [4.69, 9.17) is 0 Å². The molecule has 1 unspecified atom stereocenters. The Morgan fingerprint density at radius 1 is 1.50 bits per heavy atom. The second kappa shape index (κ2) is 6.78. The van der Waals surface area contributed by atoms with E-state index in [2.05, 4.69) is 5.32 Å². The van der Waals surface area contributed by atoms with E-state index in [9.17, 15) is 23.1 Å². The molecule has 0 aliphatic carbocycles. The first-order valence-electron chi connectivity index (χ1n) is 6.79. The molecule has 0 saturated carbocycles. The van der Waals surface area contributed by atoms with Crippen molar-refractivity contribution in [2.75, 3.05) is 24.2 Å². The van der Waals surface area contributed by atoms with E-state index in [1.807, 2.05) is 0 Å². The quantitative estimate of drug-likeness (QED) is 0.835. The maximum atomic E-state index is 12.4. The zero-order chi connectivity index (χ0) is 16.3. The molecule has 2 amide bonds. The van der Waals surface area contributed by atoms with Gasteiger partial charge in [-0.3, -0.25) is 0 Å². The molecule has 0 bridgehead atoms. The van der Waals surface area contributed by atoms with Gasteiger partial charge in [0.1, 0.15) is 0 Å². The van der Waals surface area contributed by atoms with Gasteiger partial charge >= 0.3 is 12.2 Å². The molecule has 122 valence electrons. The van der Waals surface area contributed by atoms with Crippen molar-refractivity contribution in [3.63, 3.8) is 0 Å². The number of benzene rings is 1. The second-order valence-corrected chi connectivity index (χ2v) is 6.24. The van der Waals surface area contributed by atoms with Gasteiger partial charge in [0.05, 0.1) is 17.5 Å². The number of hydrogen-bond acceptors (Lipinski definition) is 3. The van der Waals surface area contributed by atoms with Crippen molar-refractivity contribution in [3.05, 3.63) is 23.8 Å². The van der Waals surface area contributed by atoms with E-state index in [1.54, 1.807) is 25.1 Å². The molecule has 1 saturated heterocycles. The summed E-state index contributed by atoms with van der Waals surface area (Å²) in [5, 5.41) is 12.1. The van der Waals surface area contributed by atoms with Crippen molar-refractivity contribution in [1.29, 1.82) is 0 Å². The first kappa shape index (κ1) is 17.0. The number of hydrogen-bond donors (Lipinski definition) is 2. The summed E-state index contributed by atoms with van der Waals surface area (Å²) in [7, 11) is 0. The molecular formula is C14H17F3N2O2S. The molecule has 1 aliphatic rings. The number of rotatable bonds is 3. The maximum absolute atomic E-state index is 12.4. The number of aliphatic hydroxyl groups is 1. The van der Waals surface area contributed by atoms with Crippen LogP contribution in [0.5, 0.6) is 0 Å². The molecule has 0 radical (unpaired) electrons. The number of amides is 2. The lowest BCUT2D eigenvalue weighted by atomic mass is 10.2. The van der Waals surface area contributed by atoms with Gasteiger partial charge in [0.25, 0.3) is 0 Å². The number of anilines is 1. The standard InChI is InChI=1S/C14H17F3N2O2S/c1-9-2-3-12(22-8-14(15,16)17)11(6-9)18-13(21)19-5-4-10(20)7-19/h2-3,6,10,20H,4-5,7-8H2,1H3,(H,18,21). The van der Waals surface area contributed by atoms with Crippen LogP contribution < -0.4 is 5.32 Å². The second-order valence-electron chi connectivity index (χ2n) is 5.22. The monoisotopic (exact) mass is 334 g/mol. The Kier molecular flexibility index (Phi) is 5.23. The van der Waals surface area contributed by atoms with E-state index >= 15 is 0 Å². The fourth-order valence-corrected chi connectivity index (χ4v) is 2.90. The van der Waals surface area contributed by atoms with Crippen LogP contribution in [0.4, 0.5) is 23.7 Å². The van der Waals surface area contributed by atoms with Gasteiger partial charge in [0, 0.05) is 18.0 Å². The Morgan fingerprint density at radius 2 is 2.23 bits per heavy atom. The maximum Gasteiger partial charge on any atom is 0.398 e. The largest absolute Gasteiger partial charge is 0.398 e. The summed E-state index contributed by atoms with van der Waals surface area (Å²) >= 11 is 0.640. The van der Waals surface area contributed by atoms with Gasteiger partial charge in [0.15, 0.2) is 0 Å². The third-order valence-electron chi connectivity index (χ3n) is 3.22. The first-order valence-corrected chi connectivity index (χ1v) is 7.77. The number of carbonyl (C=O) groups excluding carboxylic acids is 1. The van der Waals surface area contributed by atoms with E-state index in [0.717, 1.165) is 5.56 Å². The summed E-state index contributed by atoms with van der Waals surface area (Å²) < 4.78 is 37.1. The van der Waals surface area contributed by atoms with Gasteiger partial charge in [-0.2, -0.15) is 13.2 Å². The molecule has 2 rings (SSSR count). The van der Waals surface area contributed by atoms with Crippen LogP contribution in [0.15, 0.2) is 23.1 Å². The van der Waals surface area contributed by atoms with Crippen molar-refractivity contribution in [1.82, 2.24) is 4.90 Å². The summed E-state index contributed by atoms with van der Waals surface area (Å²) in [6, 6.07) is 4.51. The molecule has 1 aromatic carbocycles. The number of aryl methyl sites for hydroxylation is 1. The molecule has 22 heavy (non-hydrogen) atoms. The molecule has 1 heterocycles. The molecule has 2 N–H and O–H groups in total. The fourth-order valence-electron chi connectivity index (χ4n) is 2.15. The predicted molar refractivity (Wildman–Crippen MR) is 79.2 cm³/mol. The number of alkyl halides is 3. The van der Waals surface area contributed by atoms with Gasteiger partial charge in [-0.25, -0.2) is 4.79 Å². The smallest absolute Gasteiger partial charge is 0.391 e. The Hall–Kier alpha value is -1.41. The van der Waals surface area contributed by atoms with Crippen LogP contribution in [-0.4, -0.2) is 47.2 Å². The average molecular weight is 334 g/mol. The minimum atomic E-state index is -4.27. The van der Waals surface area contributed by atoms with Gasteiger partial charge in [0.2, 0.25) is 0 Å². The van der Waals surface area contributed by atoms with Crippen molar-refractivity contribution < 1.29 is 23.1 Å². The SMILES string of the molecule is Cc1ccc(SCC(F)(F)F)c(NC(=O)N2CCC(O)C2)c1. The van der Waals surface area contributed by atoms with Crippen LogP contribution in [0, 0.1) is 6.92 Å². The van der Waals surface area contributed by atoms with Gasteiger partial charge in [-0.05, 0) is 31.0 Å². The number of urea groups is 1. The van der Waals surface area contributed by atoms with E-state index < -0.39 is 24.1 Å². The highest BCUT2D eigenvalue weighted by molar-refractivity contribution is 7.99. The third kappa shape index (κ3) is 4.81. The average Bonchev–Trinajstić information content (AvgIpc) is 2.83. The van der Waals surface area contributed by atoms with Crippen molar-refractivity contribution in [3.8, 4) is 0 Å². The Labute approximate surface area is 130 Å². The van der Waals surface area contributed by atoms with Crippen LogP contribution in [0.25, 0.3) is 0 Å². The number of halogens is 3. The summed E-state index contributed by atoms with van der Waals surface area (Å²) in [6.07, 6.45) is -4.30. The number of β-amino-alcohol motifs (C(OH)–C–C–N with tert-alkyl or cyclic N) is 1. The van der Waals surface area contributed by atoms with Crippen LogP contribution in [0.3, 0.4) is 0 Å². The Morgan fingerprint density at radius 3 is 2.82 bits per heavy atom. The topological polar surface area (TPSA) is 52.6 Å². The van der Waals surface area contributed by atoms with Crippen LogP contribution in [0.2, 0.25) is 0 Å². The third-order valence-corrected chi connectivity index (χ3v) is 4.36. The van der Waals surface area contributed by atoms with Gasteiger partial charge in [-0.1, -0.05) is 6.07 Å². The highest BCUT2D eigenvalue weighted by Gasteiger charge is 2.28. The van der Waals surface area contributed by atoms with Crippen molar-refractivity contribution in [2.45, 2.75) is 30.5 Å². The molecule has 1 aromatic rings. The van der Waals surface area contributed by atoms with E-state index in [-0.39, 0.29) is 6.54 Å². The van der Waals surface area contributed by atoms with Gasteiger partial charge < -0.3 is 15.3 Å². The van der Waals surface area contributed by atoms with Crippen molar-refractivity contribution >= 4 is 23.5 Å². The molecule has 1 fully saturated rings. The summed E-state index contributed by atoms with van der Waals surface area (Å²) in [6.45, 7) is 2.47. The van der Waals surface area contributed by atoms with Gasteiger partial charge in [-0.15, -0.1) is 11.8 Å². The van der Waals surface area contributed by atoms with Crippen LogP contribution in [-0.2, 0) is 0 Å². The zero-order valence-electron chi connectivity index (χ0n) is 12.0. The number of likely N-dealkylation sites (tertiary alicyclic amines) is 1. The highest BCUT2D eigenvalue weighted by Crippen LogP contribution is 2.33.